The number of carbonyl (C=O) groups is 2. The largest absolute Gasteiger partial charge is 0.494 e. The molecule has 0 saturated carbocycles. The van der Waals surface area contributed by atoms with Gasteiger partial charge < -0.3 is 4.74 Å². The average molecular weight is 301 g/mol. The van der Waals surface area contributed by atoms with Gasteiger partial charge in [0.25, 0.3) is 0 Å². The standard InChI is InChI=1S/C17H16FNO3/c1-11-14(9-19-15(10-20)17(11)22-2)16(21)8-5-12-3-6-13(18)7-4-12/h3-4,6-7,9-10H,5,8H2,1-2H3. The summed E-state index contributed by atoms with van der Waals surface area (Å²) >= 11 is 0. The van der Waals surface area contributed by atoms with E-state index in [0.717, 1.165) is 5.56 Å². The molecule has 0 saturated heterocycles. The van der Waals surface area contributed by atoms with Crippen molar-refractivity contribution < 1.29 is 18.7 Å². The van der Waals surface area contributed by atoms with Gasteiger partial charge in [-0.15, -0.1) is 0 Å². The minimum absolute atomic E-state index is 0.0925. The van der Waals surface area contributed by atoms with Gasteiger partial charge in [0.05, 0.1) is 7.11 Å². The Morgan fingerprint density at radius 2 is 2.00 bits per heavy atom. The molecule has 0 radical (unpaired) electrons. The van der Waals surface area contributed by atoms with Gasteiger partial charge in [-0.05, 0) is 31.0 Å². The average Bonchev–Trinajstić information content (AvgIpc) is 2.53. The molecule has 0 spiro atoms. The fourth-order valence-electron chi connectivity index (χ4n) is 2.27. The maximum atomic E-state index is 12.8. The highest BCUT2D eigenvalue weighted by Crippen LogP contribution is 2.24. The van der Waals surface area contributed by atoms with Gasteiger partial charge in [-0.2, -0.15) is 0 Å². The first kappa shape index (κ1) is 15.8. The summed E-state index contributed by atoms with van der Waals surface area (Å²) in [5.41, 5.74) is 2.10. The first-order chi connectivity index (χ1) is 10.6. The SMILES string of the molecule is COc1c(C=O)ncc(C(=O)CCc2ccc(F)cc2)c1C. The van der Waals surface area contributed by atoms with Gasteiger partial charge >= 0.3 is 0 Å². The van der Waals surface area contributed by atoms with Gasteiger partial charge in [0, 0.05) is 23.7 Å². The molecule has 2 aromatic rings. The number of ether oxygens (including phenoxy) is 1. The van der Waals surface area contributed by atoms with E-state index in [-0.39, 0.29) is 23.7 Å². The Morgan fingerprint density at radius 3 is 2.59 bits per heavy atom. The molecule has 0 fully saturated rings. The zero-order valence-electron chi connectivity index (χ0n) is 12.4. The van der Waals surface area contributed by atoms with Gasteiger partial charge in [-0.1, -0.05) is 12.1 Å². The first-order valence-electron chi connectivity index (χ1n) is 6.83. The van der Waals surface area contributed by atoms with E-state index in [0.29, 0.717) is 29.6 Å². The molecule has 0 amide bonds. The van der Waals surface area contributed by atoms with Crippen LogP contribution in [0.3, 0.4) is 0 Å². The van der Waals surface area contributed by atoms with Crippen molar-refractivity contribution in [2.75, 3.05) is 7.11 Å². The number of carbonyl (C=O) groups excluding carboxylic acids is 2. The van der Waals surface area contributed by atoms with Crippen LogP contribution in [-0.2, 0) is 6.42 Å². The lowest BCUT2D eigenvalue weighted by Gasteiger charge is -2.11. The summed E-state index contributed by atoms with van der Waals surface area (Å²) < 4.78 is 18.0. The van der Waals surface area contributed by atoms with Crippen molar-refractivity contribution in [2.24, 2.45) is 0 Å². The van der Waals surface area contributed by atoms with Crippen LogP contribution in [0.1, 0.15) is 38.4 Å². The van der Waals surface area contributed by atoms with Gasteiger partial charge in [-0.3, -0.25) is 9.59 Å². The van der Waals surface area contributed by atoms with Crippen LogP contribution in [0, 0.1) is 12.7 Å². The molecule has 4 nitrogen and oxygen atoms in total. The smallest absolute Gasteiger partial charge is 0.172 e. The number of halogens is 1. The molecule has 0 aliphatic heterocycles. The third kappa shape index (κ3) is 3.36. The van der Waals surface area contributed by atoms with E-state index >= 15 is 0 Å². The molecule has 22 heavy (non-hydrogen) atoms. The van der Waals surface area contributed by atoms with Crippen molar-refractivity contribution in [3.8, 4) is 5.75 Å². The number of benzene rings is 1. The van der Waals surface area contributed by atoms with Crippen LogP contribution in [-0.4, -0.2) is 24.2 Å². The summed E-state index contributed by atoms with van der Waals surface area (Å²) in [6.45, 7) is 1.72. The second kappa shape index (κ2) is 6.93. The van der Waals surface area contributed by atoms with E-state index in [4.69, 9.17) is 4.74 Å². The molecule has 5 heteroatoms. The summed E-state index contributed by atoms with van der Waals surface area (Å²) in [4.78, 5) is 27.2. The third-order valence-electron chi connectivity index (χ3n) is 3.48. The summed E-state index contributed by atoms with van der Waals surface area (Å²) in [6, 6.07) is 6.05. The minimum atomic E-state index is -0.302. The Labute approximate surface area is 127 Å². The molecule has 0 unspecified atom stereocenters. The lowest BCUT2D eigenvalue weighted by atomic mass is 10.00. The number of rotatable bonds is 6. The fraction of sp³-hybridized carbons (Fsp3) is 0.235. The van der Waals surface area contributed by atoms with Crippen LogP contribution >= 0.6 is 0 Å². The predicted octanol–water partition coefficient (Wildman–Crippen LogP) is 3.17. The predicted molar refractivity (Wildman–Crippen MR) is 80.0 cm³/mol. The quantitative estimate of drug-likeness (QED) is 0.607. The van der Waals surface area contributed by atoms with Crippen molar-refractivity contribution in [2.45, 2.75) is 19.8 Å². The van der Waals surface area contributed by atoms with E-state index in [9.17, 15) is 14.0 Å². The van der Waals surface area contributed by atoms with E-state index in [1.54, 1.807) is 19.1 Å². The molecule has 0 aliphatic rings. The number of aromatic nitrogens is 1. The molecule has 0 bridgehead atoms. The summed E-state index contributed by atoms with van der Waals surface area (Å²) in [7, 11) is 1.43. The molecule has 1 heterocycles. The monoisotopic (exact) mass is 301 g/mol. The van der Waals surface area contributed by atoms with Crippen LogP contribution in [0.25, 0.3) is 0 Å². The number of methoxy groups -OCH3 is 1. The minimum Gasteiger partial charge on any atom is -0.494 e. The Balaban J connectivity index is 2.16. The molecule has 0 aliphatic carbocycles. The number of pyridine rings is 1. The second-order valence-electron chi connectivity index (χ2n) is 4.88. The first-order valence-corrected chi connectivity index (χ1v) is 6.83. The number of ketones is 1. The Morgan fingerprint density at radius 1 is 1.32 bits per heavy atom. The molecular formula is C17H16FNO3. The van der Waals surface area contributed by atoms with Crippen LogP contribution < -0.4 is 4.74 Å². The number of Topliss-reactive ketones (excluding diaryl/α,β-unsaturated/α-hetero) is 1. The molecule has 0 atom stereocenters. The second-order valence-corrected chi connectivity index (χ2v) is 4.88. The molecule has 114 valence electrons. The van der Waals surface area contributed by atoms with Crippen molar-refractivity contribution in [3.05, 3.63) is 58.7 Å². The Kier molecular flexibility index (Phi) is 4.99. The Hall–Kier alpha value is -2.56. The van der Waals surface area contributed by atoms with E-state index in [1.807, 2.05) is 0 Å². The van der Waals surface area contributed by atoms with Crippen LogP contribution in [0.4, 0.5) is 4.39 Å². The highest BCUT2D eigenvalue weighted by molar-refractivity contribution is 5.98. The highest BCUT2D eigenvalue weighted by Gasteiger charge is 2.16. The molecule has 2 rings (SSSR count). The normalized spacial score (nSPS) is 10.3. The topological polar surface area (TPSA) is 56.3 Å². The molecule has 0 N–H and O–H groups in total. The van der Waals surface area contributed by atoms with E-state index in [1.165, 1.54) is 25.4 Å². The zero-order valence-corrected chi connectivity index (χ0v) is 12.4. The van der Waals surface area contributed by atoms with E-state index in [2.05, 4.69) is 4.98 Å². The van der Waals surface area contributed by atoms with E-state index < -0.39 is 0 Å². The van der Waals surface area contributed by atoms with Crippen LogP contribution in [0.5, 0.6) is 5.75 Å². The van der Waals surface area contributed by atoms with Gasteiger partial charge in [0.1, 0.15) is 11.5 Å². The molecule has 1 aromatic carbocycles. The van der Waals surface area contributed by atoms with Crippen molar-refractivity contribution in [1.82, 2.24) is 4.98 Å². The number of aldehydes is 1. The van der Waals surface area contributed by atoms with Crippen LogP contribution in [0.2, 0.25) is 0 Å². The fourth-order valence-corrected chi connectivity index (χ4v) is 2.27. The zero-order chi connectivity index (χ0) is 16.1. The maximum Gasteiger partial charge on any atom is 0.172 e. The number of aryl methyl sites for hydroxylation is 1. The van der Waals surface area contributed by atoms with Crippen LogP contribution in [0.15, 0.2) is 30.5 Å². The summed E-state index contributed by atoms with van der Waals surface area (Å²) in [5, 5.41) is 0. The number of nitrogens with zero attached hydrogens (tertiary/aromatic N) is 1. The summed E-state index contributed by atoms with van der Waals surface area (Å²) in [5.74, 6) is -0.0722. The van der Waals surface area contributed by atoms with Gasteiger partial charge in [0.2, 0.25) is 0 Å². The van der Waals surface area contributed by atoms with Gasteiger partial charge in [0.15, 0.2) is 17.8 Å². The number of hydrogen-bond donors (Lipinski definition) is 0. The van der Waals surface area contributed by atoms with Crippen molar-refractivity contribution in [1.29, 1.82) is 0 Å². The molecule has 1 aromatic heterocycles. The lowest BCUT2D eigenvalue weighted by Crippen LogP contribution is -2.08. The van der Waals surface area contributed by atoms with Crippen molar-refractivity contribution >= 4 is 12.1 Å². The van der Waals surface area contributed by atoms with Crippen molar-refractivity contribution in [3.63, 3.8) is 0 Å². The lowest BCUT2D eigenvalue weighted by molar-refractivity contribution is 0.0980. The van der Waals surface area contributed by atoms with Gasteiger partial charge in [-0.25, -0.2) is 9.37 Å². The Bertz CT molecular complexity index is 696. The maximum absolute atomic E-state index is 12.8. The molecular weight excluding hydrogens is 285 g/mol. The number of hydrogen-bond acceptors (Lipinski definition) is 4. The summed E-state index contributed by atoms with van der Waals surface area (Å²) in [6.07, 6.45) is 2.78. The third-order valence-corrected chi connectivity index (χ3v) is 3.48. The highest BCUT2D eigenvalue weighted by atomic mass is 19.1.